The zero-order valence-corrected chi connectivity index (χ0v) is 8.38. The first kappa shape index (κ1) is 14.3. The normalized spacial score (nSPS) is 9.69. The quantitative estimate of drug-likeness (QED) is 0.771. The van der Waals surface area contributed by atoms with Crippen molar-refractivity contribution in [2.75, 3.05) is 0 Å². The van der Waals surface area contributed by atoms with Crippen molar-refractivity contribution in [1.29, 1.82) is 5.26 Å². The summed E-state index contributed by atoms with van der Waals surface area (Å²) in [5.41, 5.74) is 0.600. The van der Waals surface area contributed by atoms with E-state index in [4.69, 9.17) is 26.8 Å². The van der Waals surface area contributed by atoms with Gasteiger partial charge in [0.2, 0.25) is 0 Å². The van der Waals surface area contributed by atoms with Gasteiger partial charge in [0.05, 0.1) is 11.6 Å². The van der Waals surface area contributed by atoms with E-state index in [1.165, 1.54) is 0 Å². The maximum Gasteiger partial charge on any atom is 0.490 e. The Morgan fingerprint density at radius 2 is 1.94 bits per heavy atom. The van der Waals surface area contributed by atoms with Crippen LogP contribution in [0.2, 0.25) is 5.02 Å². The first-order valence-corrected chi connectivity index (χ1v) is 4.11. The summed E-state index contributed by atoms with van der Waals surface area (Å²) in [6, 6.07) is 8.81. The van der Waals surface area contributed by atoms with Gasteiger partial charge < -0.3 is 5.11 Å². The summed E-state index contributed by atoms with van der Waals surface area (Å²) < 4.78 is 31.7. The highest BCUT2D eigenvalue weighted by Gasteiger charge is 2.38. The number of benzene rings is 1. The van der Waals surface area contributed by atoms with Crippen LogP contribution < -0.4 is 0 Å². The molecular formula is C9H5ClF3NO2. The summed E-state index contributed by atoms with van der Waals surface area (Å²) >= 11 is 5.57. The summed E-state index contributed by atoms with van der Waals surface area (Å²) in [4.78, 5) is 8.90. The second-order valence-corrected chi connectivity index (χ2v) is 2.86. The first-order valence-electron chi connectivity index (χ1n) is 3.73. The van der Waals surface area contributed by atoms with Gasteiger partial charge in [-0.3, -0.25) is 0 Å². The third kappa shape index (κ3) is 5.88. The molecule has 0 heterocycles. The molecule has 0 bridgehead atoms. The Morgan fingerprint density at radius 1 is 1.44 bits per heavy atom. The summed E-state index contributed by atoms with van der Waals surface area (Å²) in [5, 5.41) is 16.1. The van der Waals surface area contributed by atoms with Crippen molar-refractivity contribution < 1.29 is 23.1 Å². The average molecular weight is 252 g/mol. The van der Waals surface area contributed by atoms with E-state index < -0.39 is 12.1 Å². The molecule has 0 atom stereocenters. The Hall–Kier alpha value is -1.74. The monoisotopic (exact) mass is 251 g/mol. The van der Waals surface area contributed by atoms with Gasteiger partial charge in [0.15, 0.2) is 0 Å². The van der Waals surface area contributed by atoms with E-state index in [0.717, 1.165) is 0 Å². The Kier molecular flexibility index (Phi) is 5.33. The molecule has 0 aliphatic carbocycles. The number of carboxylic acid groups (broad SMARTS) is 1. The molecule has 0 saturated carbocycles. The van der Waals surface area contributed by atoms with Crippen molar-refractivity contribution in [2.24, 2.45) is 0 Å². The summed E-state index contributed by atoms with van der Waals surface area (Å²) in [6.07, 6.45) is -5.08. The SMILES string of the molecule is N#Cc1cccc(Cl)c1.O=C(O)C(F)(F)F. The topological polar surface area (TPSA) is 61.1 Å². The molecule has 0 unspecified atom stereocenters. The molecule has 0 spiro atoms. The Balaban J connectivity index is 0.000000293. The van der Waals surface area contributed by atoms with Crippen LogP contribution in [0.4, 0.5) is 13.2 Å². The second kappa shape index (κ2) is 5.98. The van der Waals surface area contributed by atoms with Crippen molar-refractivity contribution in [3.8, 4) is 6.07 Å². The molecule has 1 rings (SSSR count). The van der Waals surface area contributed by atoms with Gasteiger partial charge in [-0.2, -0.15) is 18.4 Å². The van der Waals surface area contributed by atoms with Gasteiger partial charge in [-0.05, 0) is 18.2 Å². The van der Waals surface area contributed by atoms with Gasteiger partial charge in [0.1, 0.15) is 0 Å². The molecule has 0 aliphatic heterocycles. The molecule has 7 heteroatoms. The van der Waals surface area contributed by atoms with Crippen LogP contribution in [0.3, 0.4) is 0 Å². The maximum absolute atomic E-state index is 10.6. The number of aliphatic carboxylic acids is 1. The molecular weight excluding hydrogens is 247 g/mol. The predicted octanol–water partition coefficient (Wildman–Crippen LogP) is 2.84. The van der Waals surface area contributed by atoms with E-state index in [1.54, 1.807) is 24.3 Å². The molecule has 0 radical (unpaired) electrons. The molecule has 3 nitrogen and oxygen atoms in total. The van der Waals surface area contributed by atoms with Gasteiger partial charge in [-0.15, -0.1) is 0 Å². The molecule has 1 aromatic carbocycles. The van der Waals surface area contributed by atoms with Crippen LogP contribution in [-0.4, -0.2) is 17.3 Å². The molecule has 0 fully saturated rings. The first-order chi connectivity index (χ1) is 7.27. The van der Waals surface area contributed by atoms with Crippen LogP contribution in [0.1, 0.15) is 5.56 Å². The summed E-state index contributed by atoms with van der Waals surface area (Å²) in [6.45, 7) is 0. The lowest BCUT2D eigenvalue weighted by Crippen LogP contribution is -2.21. The molecule has 0 aromatic heterocycles. The molecule has 0 amide bonds. The second-order valence-electron chi connectivity index (χ2n) is 2.43. The highest BCUT2D eigenvalue weighted by Crippen LogP contribution is 2.13. The lowest BCUT2D eigenvalue weighted by molar-refractivity contribution is -0.192. The number of halogens is 4. The van der Waals surface area contributed by atoms with E-state index in [0.29, 0.717) is 10.6 Å². The van der Waals surface area contributed by atoms with Crippen molar-refractivity contribution in [3.63, 3.8) is 0 Å². The average Bonchev–Trinajstić information content (AvgIpc) is 2.17. The van der Waals surface area contributed by atoms with Gasteiger partial charge in [-0.1, -0.05) is 17.7 Å². The molecule has 0 saturated heterocycles. The fraction of sp³-hybridized carbons (Fsp3) is 0.111. The standard InChI is InChI=1S/C7H4ClN.C2HF3O2/c8-7-3-1-2-6(4-7)5-9;3-2(4,5)1(6)7/h1-4H;(H,6,7). The zero-order valence-electron chi connectivity index (χ0n) is 7.62. The van der Waals surface area contributed by atoms with Gasteiger partial charge in [0.25, 0.3) is 0 Å². The molecule has 0 aliphatic rings. The third-order valence-corrected chi connectivity index (χ3v) is 1.43. The van der Waals surface area contributed by atoms with Crippen LogP contribution in [-0.2, 0) is 4.79 Å². The largest absolute Gasteiger partial charge is 0.490 e. The Bertz CT molecular complexity index is 412. The lowest BCUT2D eigenvalue weighted by Gasteiger charge is -1.93. The highest BCUT2D eigenvalue weighted by atomic mass is 35.5. The van der Waals surface area contributed by atoms with E-state index >= 15 is 0 Å². The van der Waals surface area contributed by atoms with Crippen LogP contribution in [0.15, 0.2) is 24.3 Å². The fourth-order valence-corrected chi connectivity index (χ4v) is 0.748. The zero-order chi connectivity index (χ0) is 12.8. The number of carbonyl (C=O) groups is 1. The number of hydrogen-bond donors (Lipinski definition) is 1. The van der Waals surface area contributed by atoms with Crippen LogP contribution >= 0.6 is 11.6 Å². The minimum Gasteiger partial charge on any atom is -0.475 e. The number of nitriles is 1. The van der Waals surface area contributed by atoms with E-state index in [2.05, 4.69) is 0 Å². The van der Waals surface area contributed by atoms with Crippen LogP contribution in [0.25, 0.3) is 0 Å². The fourth-order valence-electron chi connectivity index (χ4n) is 0.558. The van der Waals surface area contributed by atoms with E-state index in [9.17, 15) is 13.2 Å². The summed E-state index contributed by atoms with van der Waals surface area (Å²) in [5.74, 6) is -2.76. The van der Waals surface area contributed by atoms with Crippen molar-refractivity contribution in [2.45, 2.75) is 6.18 Å². The van der Waals surface area contributed by atoms with E-state index in [1.807, 2.05) is 6.07 Å². The predicted molar refractivity (Wildman–Crippen MR) is 49.9 cm³/mol. The van der Waals surface area contributed by atoms with E-state index in [-0.39, 0.29) is 0 Å². The molecule has 1 aromatic rings. The highest BCUT2D eigenvalue weighted by molar-refractivity contribution is 6.30. The smallest absolute Gasteiger partial charge is 0.475 e. The molecule has 1 N–H and O–H groups in total. The Morgan fingerprint density at radius 3 is 2.19 bits per heavy atom. The third-order valence-electron chi connectivity index (χ3n) is 1.20. The lowest BCUT2D eigenvalue weighted by atomic mass is 10.2. The minimum absolute atomic E-state index is 0.600. The van der Waals surface area contributed by atoms with Crippen molar-refractivity contribution >= 4 is 17.6 Å². The van der Waals surface area contributed by atoms with Gasteiger partial charge in [0, 0.05) is 5.02 Å². The number of alkyl halides is 3. The number of rotatable bonds is 0. The number of hydrogen-bond acceptors (Lipinski definition) is 2. The van der Waals surface area contributed by atoms with Gasteiger partial charge >= 0.3 is 12.1 Å². The summed E-state index contributed by atoms with van der Waals surface area (Å²) in [7, 11) is 0. The van der Waals surface area contributed by atoms with Crippen LogP contribution in [0.5, 0.6) is 0 Å². The molecule has 16 heavy (non-hydrogen) atoms. The number of carboxylic acids is 1. The van der Waals surface area contributed by atoms with Gasteiger partial charge in [-0.25, -0.2) is 4.79 Å². The minimum atomic E-state index is -5.08. The van der Waals surface area contributed by atoms with Crippen molar-refractivity contribution in [3.05, 3.63) is 34.9 Å². The van der Waals surface area contributed by atoms with Crippen LogP contribution in [0, 0.1) is 11.3 Å². The van der Waals surface area contributed by atoms with Crippen molar-refractivity contribution in [1.82, 2.24) is 0 Å². The maximum atomic E-state index is 10.6. The number of nitrogens with zero attached hydrogens (tertiary/aromatic N) is 1. The molecule has 86 valence electrons. The Labute approximate surface area is 93.7 Å².